The standard InChI is InChI=1S/C18H14ClFN4O2S/c19-12-5-1-10(2-6-12)9-27-18-23-15(21)14(17(26)24-18)22-16(25)11-3-7-13(20)8-4-11/h1-8H,9H2,(H,22,25)(H3,21,23,24,26). The van der Waals surface area contributed by atoms with Gasteiger partial charge in [-0.25, -0.2) is 9.37 Å². The molecule has 1 heterocycles. The Bertz CT molecular complexity index is 1020. The first kappa shape index (κ1) is 18.9. The maximum absolute atomic E-state index is 12.9. The van der Waals surface area contributed by atoms with Crippen molar-refractivity contribution in [2.75, 3.05) is 11.1 Å². The van der Waals surface area contributed by atoms with Crippen molar-refractivity contribution in [1.29, 1.82) is 0 Å². The number of hydrogen-bond acceptors (Lipinski definition) is 5. The lowest BCUT2D eigenvalue weighted by Gasteiger charge is -2.08. The lowest BCUT2D eigenvalue weighted by Crippen LogP contribution is -2.23. The molecule has 4 N–H and O–H groups in total. The van der Waals surface area contributed by atoms with Crippen LogP contribution < -0.4 is 16.6 Å². The second-order valence-corrected chi connectivity index (χ2v) is 6.91. The molecule has 6 nitrogen and oxygen atoms in total. The van der Waals surface area contributed by atoms with Gasteiger partial charge >= 0.3 is 0 Å². The first-order valence-corrected chi connectivity index (χ1v) is 9.12. The molecule has 3 rings (SSSR count). The Morgan fingerprint density at radius 1 is 1.19 bits per heavy atom. The molecule has 27 heavy (non-hydrogen) atoms. The molecule has 1 aromatic heterocycles. The lowest BCUT2D eigenvalue weighted by atomic mass is 10.2. The van der Waals surface area contributed by atoms with E-state index in [2.05, 4.69) is 15.3 Å². The number of rotatable bonds is 5. The van der Waals surface area contributed by atoms with E-state index in [0.29, 0.717) is 15.9 Å². The van der Waals surface area contributed by atoms with Gasteiger partial charge in [0.25, 0.3) is 11.5 Å². The van der Waals surface area contributed by atoms with E-state index in [0.717, 1.165) is 17.7 Å². The van der Waals surface area contributed by atoms with Crippen molar-refractivity contribution >= 4 is 40.8 Å². The third kappa shape index (κ3) is 4.87. The van der Waals surface area contributed by atoms with Crippen molar-refractivity contribution < 1.29 is 9.18 Å². The molecule has 0 fully saturated rings. The number of thioether (sulfide) groups is 1. The zero-order valence-corrected chi connectivity index (χ0v) is 15.4. The Balaban J connectivity index is 1.72. The van der Waals surface area contributed by atoms with Gasteiger partial charge in [0.1, 0.15) is 11.5 Å². The number of nitrogens with two attached hydrogens (primary N) is 1. The summed E-state index contributed by atoms with van der Waals surface area (Å²) in [6, 6.07) is 12.2. The largest absolute Gasteiger partial charge is 0.382 e. The minimum atomic E-state index is -0.587. The first-order chi connectivity index (χ1) is 12.9. The topological polar surface area (TPSA) is 101 Å². The van der Waals surface area contributed by atoms with Crippen LogP contribution in [0.3, 0.4) is 0 Å². The van der Waals surface area contributed by atoms with Crippen molar-refractivity contribution in [2.24, 2.45) is 0 Å². The summed E-state index contributed by atoms with van der Waals surface area (Å²) in [4.78, 5) is 31.1. The number of carbonyl (C=O) groups excluding carboxylic acids is 1. The van der Waals surface area contributed by atoms with Crippen LogP contribution in [0.4, 0.5) is 15.9 Å². The number of nitrogens with one attached hydrogen (secondary N) is 2. The van der Waals surface area contributed by atoms with Crippen LogP contribution in [0.5, 0.6) is 0 Å². The van der Waals surface area contributed by atoms with Gasteiger partial charge in [-0.3, -0.25) is 14.6 Å². The van der Waals surface area contributed by atoms with Crippen LogP contribution in [0.15, 0.2) is 58.5 Å². The number of benzene rings is 2. The normalized spacial score (nSPS) is 10.6. The van der Waals surface area contributed by atoms with Crippen molar-refractivity contribution in [1.82, 2.24) is 9.97 Å². The molecule has 0 atom stereocenters. The molecule has 0 aliphatic carbocycles. The van der Waals surface area contributed by atoms with Gasteiger partial charge in [0.2, 0.25) is 0 Å². The number of nitrogen functional groups attached to an aromatic ring is 1. The van der Waals surface area contributed by atoms with E-state index in [1.165, 1.54) is 23.9 Å². The maximum atomic E-state index is 12.9. The summed E-state index contributed by atoms with van der Waals surface area (Å²) in [5, 5.41) is 3.37. The average Bonchev–Trinajstić information content (AvgIpc) is 2.64. The van der Waals surface area contributed by atoms with Gasteiger partial charge in [0.15, 0.2) is 11.0 Å². The van der Waals surface area contributed by atoms with Gasteiger partial charge in [-0.1, -0.05) is 35.5 Å². The monoisotopic (exact) mass is 404 g/mol. The zero-order chi connectivity index (χ0) is 19.4. The highest BCUT2D eigenvalue weighted by atomic mass is 35.5. The highest BCUT2D eigenvalue weighted by molar-refractivity contribution is 7.98. The van der Waals surface area contributed by atoms with Crippen LogP contribution in [0.2, 0.25) is 5.02 Å². The molecule has 138 valence electrons. The Kier molecular flexibility index (Phi) is 5.78. The predicted molar refractivity (Wildman–Crippen MR) is 105 cm³/mol. The van der Waals surface area contributed by atoms with Gasteiger partial charge in [-0.05, 0) is 42.0 Å². The van der Waals surface area contributed by atoms with Crippen LogP contribution in [0.1, 0.15) is 15.9 Å². The number of carbonyl (C=O) groups is 1. The number of H-pyrrole nitrogens is 1. The van der Waals surface area contributed by atoms with Crippen LogP contribution in [-0.4, -0.2) is 15.9 Å². The molecular formula is C18H14ClFN4O2S. The third-order valence-corrected chi connectivity index (χ3v) is 4.76. The molecule has 0 unspecified atom stereocenters. The number of anilines is 2. The second kappa shape index (κ2) is 8.24. The highest BCUT2D eigenvalue weighted by Crippen LogP contribution is 2.22. The molecule has 3 aromatic rings. The van der Waals surface area contributed by atoms with Crippen molar-refractivity contribution in [3.63, 3.8) is 0 Å². The molecule has 9 heteroatoms. The predicted octanol–water partition coefficient (Wildman–Crippen LogP) is 3.69. The zero-order valence-electron chi connectivity index (χ0n) is 13.8. The summed E-state index contributed by atoms with van der Waals surface area (Å²) in [7, 11) is 0. The number of halogens is 2. The molecule has 2 aromatic carbocycles. The molecule has 0 bridgehead atoms. The average molecular weight is 405 g/mol. The van der Waals surface area contributed by atoms with Gasteiger partial charge in [0, 0.05) is 16.3 Å². The smallest absolute Gasteiger partial charge is 0.277 e. The van der Waals surface area contributed by atoms with E-state index in [1.807, 2.05) is 12.1 Å². The lowest BCUT2D eigenvalue weighted by molar-refractivity contribution is 0.102. The van der Waals surface area contributed by atoms with Gasteiger partial charge in [0.05, 0.1) is 0 Å². The van der Waals surface area contributed by atoms with Gasteiger partial charge in [-0.15, -0.1) is 0 Å². The summed E-state index contributed by atoms with van der Waals surface area (Å²) >= 11 is 7.13. The summed E-state index contributed by atoms with van der Waals surface area (Å²) in [6.07, 6.45) is 0. The molecular weight excluding hydrogens is 391 g/mol. The summed E-state index contributed by atoms with van der Waals surface area (Å²) in [5.74, 6) is -0.600. The van der Waals surface area contributed by atoms with E-state index in [9.17, 15) is 14.0 Å². The fourth-order valence-corrected chi connectivity index (χ4v) is 3.13. The maximum Gasteiger partial charge on any atom is 0.277 e. The number of amides is 1. The molecule has 0 saturated carbocycles. The van der Waals surface area contributed by atoms with Crippen LogP contribution >= 0.6 is 23.4 Å². The number of aromatic amines is 1. The van der Waals surface area contributed by atoms with Crippen LogP contribution in [0.25, 0.3) is 0 Å². The summed E-state index contributed by atoms with van der Waals surface area (Å²) < 4.78 is 12.9. The molecule has 0 radical (unpaired) electrons. The second-order valence-electron chi connectivity index (χ2n) is 5.51. The Morgan fingerprint density at radius 3 is 2.48 bits per heavy atom. The minimum Gasteiger partial charge on any atom is -0.382 e. The molecule has 0 aliphatic heterocycles. The van der Waals surface area contributed by atoms with Crippen molar-refractivity contribution in [3.05, 3.63) is 80.9 Å². The molecule has 0 aliphatic rings. The SMILES string of the molecule is Nc1nc(SCc2ccc(Cl)cc2)[nH]c(=O)c1NC(=O)c1ccc(F)cc1. The fourth-order valence-electron chi connectivity index (χ4n) is 2.18. The summed E-state index contributed by atoms with van der Waals surface area (Å²) in [5.41, 5.74) is 6.29. The quantitative estimate of drug-likeness (QED) is 0.444. The minimum absolute atomic E-state index is 0.104. The molecule has 0 spiro atoms. The van der Waals surface area contributed by atoms with E-state index < -0.39 is 17.3 Å². The van der Waals surface area contributed by atoms with E-state index >= 15 is 0 Å². The Hall–Kier alpha value is -2.84. The van der Waals surface area contributed by atoms with Crippen molar-refractivity contribution in [3.8, 4) is 0 Å². The van der Waals surface area contributed by atoms with Crippen molar-refractivity contribution in [2.45, 2.75) is 10.9 Å². The number of hydrogen-bond donors (Lipinski definition) is 3. The van der Waals surface area contributed by atoms with E-state index in [-0.39, 0.29) is 17.1 Å². The van der Waals surface area contributed by atoms with Gasteiger partial charge < -0.3 is 11.1 Å². The fraction of sp³-hybridized carbons (Fsp3) is 0.0556. The molecule has 1 amide bonds. The summed E-state index contributed by atoms with van der Waals surface area (Å²) in [6.45, 7) is 0. The first-order valence-electron chi connectivity index (χ1n) is 7.76. The highest BCUT2D eigenvalue weighted by Gasteiger charge is 2.14. The number of aromatic nitrogens is 2. The third-order valence-electron chi connectivity index (χ3n) is 3.56. The molecule has 0 saturated heterocycles. The van der Waals surface area contributed by atoms with Crippen LogP contribution in [0, 0.1) is 5.82 Å². The van der Waals surface area contributed by atoms with E-state index in [4.69, 9.17) is 17.3 Å². The van der Waals surface area contributed by atoms with Gasteiger partial charge in [-0.2, -0.15) is 0 Å². The van der Waals surface area contributed by atoms with E-state index in [1.54, 1.807) is 12.1 Å². The Labute approximate surface area is 163 Å². The Morgan fingerprint density at radius 2 is 1.85 bits per heavy atom. The number of nitrogens with zero attached hydrogens (tertiary/aromatic N) is 1. The van der Waals surface area contributed by atoms with Crippen LogP contribution in [-0.2, 0) is 5.75 Å².